The number of hydrogen-bond donors (Lipinski definition) is 2. The first-order valence-corrected chi connectivity index (χ1v) is 13.1. The first-order valence-electron chi connectivity index (χ1n) is 13.1. The first kappa shape index (κ1) is 24.5. The van der Waals surface area contributed by atoms with Gasteiger partial charge in [-0.3, -0.25) is 9.59 Å². The molecular weight excluding hydrogens is 424 g/mol. The summed E-state index contributed by atoms with van der Waals surface area (Å²) in [5.41, 5.74) is 2.85. The maximum atomic E-state index is 12.5. The second-order valence-corrected chi connectivity index (χ2v) is 10.7. The predicted octanol–water partition coefficient (Wildman–Crippen LogP) is 5.58. The minimum Gasteiger partial charge on any atom is -0.356 e. The van der Waals surface area contributed by atoms with Gasteiger partial charge < -0.3 is 15.5 Å². The molecule has 2 aromatic rings. The summed E-state index contributed by atoms with van der Waals surface area (Å²) in [6.45, 7) is 8.82. The number of carbonyl (C=O) groups is 2. The van der Waals surface area contributed by atoms with Gasteiger partial charge in [-0.2, -0.15) is 0 Å². The monoisotopic (exact) mass is 464 g/mol. The van der Waals surface area contributed by atoms with Crippen LogP contribution < -0.4 is 15.5 Å². The van der Waals surface area contributed by atoms with Gasteiger partial charge in [0.1, 0.15) is 5.82 Å². The summed E-state index contributed by atoms with van der Waals surface area (Å²) in [6, 6.07) is 8.32. The second kappa shape index (κ2) is 11.2. The van der Waals surface area contributed by atoms with E-state index < -0.39 is 0 Å². The fraction of sp³-hybridized carbons (Fsp3) is 0.607. The number of nitrogens with zero attached hydrogens (tertiary/aromatic N) is 2. The molecule has 1 aliphatic carbocycles. The van der Waals surface area contributed by atoms with E-state index in [-0.39, 0.29) is 30.7 Å². The molecule has 0 radical (unpaired) electrons. The minimum atomic E-state index is -0.131. The van der Waals surface area contributed by atoms with Gasteiger partial charge in [0, 0.05) is 43.0 Å². The Balaban J connectivity index is 1.34. The molecule has 0 spiro atoms. The van der Waals surface area contributed by atoms with Crippen molar-refractivity contribution in [2.24, 2.45) is 11.8 Å². The highest BCUT2D eigenvalue weighted by Crippen LogP contribution is 2.29. The maximum Gasteiger partial charge on any atom is 0.224 e. The van der Waals surface area contributed by atoms with E-state index in [1.165, 1.54) is 32.1 Å². The molecule has 4 rings (SSSR count). The van der Waals surface area contributed by atoms with Gasteiger partial charge in [-0.1, -0.05) is 39.5 Å². The summed E-state index contributed by atoms with van der Waals surface area (Å²) in [7, 11) is 0. The van der Waals surface area contributed by atoms with E-state index in [0.29, 0.717) is 11.8 Å². The lowest BCUT2D eigenvalue weighted by Crippen LogP contribution is -2.39. The topological polar surface area (TPSA) is 74.3 Å². The summed E-state index contributed by atoms with van der Waals surface area (Å²) >= 11 is 0. The van der Waals surface area contributed by atoms with Crippen LogP contribution in [0.15, 0.2) is 24.3 Å². The van der Waals surface area contributed by atoms with Gasteiger partial charge in [-0.25, -0.2) is 4.98 Å². The zero-order chi connectivity index (χ0) is 24.1. The lowest BCUT2D eigenvalue weighted by atomic mass is 9.92. The minimum absolute atomic E-state index is 0.0190. The molecule has 1 aliphatic heterocycles. The maximum absolute atomic E-state index is 12.5. The van der Waals surface area contributed by atoms with Crippen LogP contribution in [0.25, 0.3) is 10.9 Å². The Bertz CT molecular complexity index is 1000. The van der Waals surface area contributed by atoms with Gasteiger partial charge in [-0.15, -0.1) is 0 Å². The molecule has 1 aromatic carbocycles. The van der Waals surface area contributed by atoms with Gasteiger partial charge in [-0.05, 0) is 67.9 Å². The zero-order valence-corrected chi connectivity index (χ0v) is 21.0. The number of amides is 2. The standard InChI is InChI=1S/C28H40N4O2/c1-19-14-20(2)18-32(17-19)26-15-21(3)24-16-23(10-11-25(24)31-26)30-28(34)13-12-27(33)29-22-8-6-4-5-7-9-22/h10-11,15-16,19-20,22H,4-9,12-14,17-18H2,1-3H3,(H,29,33)(H,30,34). The molecule has 2 heterocycles. The van der Waals surface area contributed by atoms with E-state index in [1.807, 2.05) is 18.2 Å². The molecule has 184 valence electrons. The van der Waals surface area contributed by atoms with Crippen LogP contribution >= 0.6 is 0 Å². The van der Waals surface area contributed by atoms with Crippen LogP contribution in [0.1, 0.15) is 77.2 Å². The van der Waals surface area contributed by atoms with E-state index in [4.69, 9.17) is 4.98 Å². The van der Waals surface area contributed by atoms with E-state index >= 15 is 0 Å². The van der Waals surface area contributed by atoms with Crippen molar-refractivity contribution in [2.75, 3.05) is 23.3 Å². The number of hydrogen-bond acceptors (Lipinski definition) is 4. The fourth-order valence-corrected chi connectivity index (χ4v) is 5.64. The smallest absolute Gasteiger partial charge is 0.224 e. The molecule has 2 atom stereocenters. The number of piperidine rings is 1. The second-order valence-electron chi connectivity index (χ2n) is 10.7. The number of pyridine rings is 1. The molecule has 6 heteroatoms. The number of benzene rings is 1. The van der Waals surface area contributed by atoms with Crippen molar-refractivity contribution < 1.29 is 9.59 Å². The number of aromatic nitrogens is 1. The van der Waals surface area contributed by atoms with Crippen LogP contribution in [-0.4, -0.2) is 35.9 Å². The fourth-order valence-electron chi connectivity index (χ4n) is 5.64. The van der Waals surface area contributed by atoms with Crippen molar-refractivity contribution in [3.8, 4) is 0 Å². The third-order valence-electron chi connectivity index (χ3n) is 7.28. The summed E-state index contributed by atoms with van der Waals surface area (Å²) in [4.78, 5) is 32.1. The van der Waals surface area contributed by atoms with Crippen LogP contribution in [0, 0.1) is 18.8 Å². The molecule has 6 nitrogen and oxygen atoms in total. The van der Waals surface area contributed by atoms with Crippen LogP contribution in [0.5, 0.6) is 0 Å². The Morgan fingerprint density at radius 1 is 0.971 bits per heavy atom. The SMILES string of the molecule is Cc1cc(N2CC(C)CC(C)C2)nc2ccc(NC(=O)CCC(=O)NC3CCCCCC3)cc12. The van der Waals surface area contributed by atoms with Crippen LogP contribution in [0.2, 0.25) is 0 Å². The van der Waals surface area contributed by atoms with Crippen molar-refractivity contribution in [3.63, 3.8) is 0 Å². The Labute approximate surface area is 203 Å². The molecular formula is C28H40N4O2. The number of nitrogens with one attached hydrogen (secondary N) is 2. The lowest BCUT2D eigenvalue weighted by Gasteiger charge is -2.36. The summed E-state index contributed by atoms with van der Waals surface area (Å²) in [5, 5.41) is 7.13. The van der Waals surface area contributed by atoms with Crippen molar-refractivity contribution in [2.45, 2.75) is 84.6 Å². The first-order chi connectivity index (χ1) is 16.4. The number of rotatable bonds is 6. The molecule has 1 aromatic heterocycles. The van der Waals surface area contributed by atoms with E-state index in [9.17, 15) is 9.59 Å². The molecule has 2 unspecified atom stereocenters. The van der Waals surface area contributed by atoms with Crippen molar-refractivity contribution in [3.05, 3.63) is 29.8 Å². The zero-order valence-electron chi connectivity index (χ0n) is 21.0. The lowest BCUT2D eigenvalue weighted by molar-refractivity contribution is -0.124. The number of aryl methyl sites for hydroxylation is 1. The van der Waals surface area contributed by atoms with E-state index in [1.54, 1.807) is 0 Å². The number of fused-ring (bicyclic) bond motifs is 1. The van der Waals surface area contributed by atoms with Gasteiger partial charge in [0.15, 0.2) is 0 Å². The Kier molecular flexibility index (Phi) is 8.07. The quantitative estimate of drug-likeness (QED) is 0.547. The summed E-state index contributed by atoms with van der Waals surface area (Å²) < 4.78 is 0. The number of carbonyl (C=O) groups excluding carboxylic acids is 2. The van der Waals surface area contributed by atoms with Crippen LogP contribution in [0.3, 0.4) is 0 Å². The molecule has 2 amide bonds. The highest BCUT2D eigenvalue weighted by molar-refractivity contribution is 5.96. The highest BCUT2D eigenvalue weighted by Gasteiger charge is 2.23. The average Bonchev–Trinajstić information content (AvgIpc) is 3.06. The van der Waals surface area contributed by atoms with Gasteiger partial charge >= 0.3 is 0 Å². The average molecular weight is 465 g/mol. The Morgan fingerprint density at radius 2 is 1.65 bits per heavy atom. The third kappa shape index (κ3) is 6.49. The highest BCUT2D eigenvalue weighted by atomic mass is 16.2. The molecule has 1 saturated heterocycles. The van der Waals surface area contributed by atoms with E-state index in [0.717, 1.165) is 53.9 Å². The molecule has 2 aliphatic rings. The van der Waals surface area contributed by atoms with Gasteiger partial charge in [0.05, 0.1) is 5.52 Å². The molecule has 2 fully saturated rings. The predicted molar refractivity (Wildman–Crippen MR) is 139 cm³/mol. The van der Waals surface area contributed by atoms with Crippen molar-refractivity contribution in [1.29, 1.82) is 0 Å². The molecule has 0 bridgehead atoms. The normalized spacial score (nSPS) is 21.8. The van der Waals surface area contributed by atoms with E-state index in [2.05, 4.69) is 42.4 Å². The van der Waals surface area contributed by atoms with Gasteiger partial charge in [0.2, 0.25) is 11.8 Å². The summed E-state index contributed by atoms with van der Waals surface area (Å²) in [6.07, 6.45) is 8.68. The largest absolute Gasteiger partial charge is 0.356 e. The van der Waals surface area contributed by atoms with Crippen molar-refractivity contribution >= 4 is 34.2 Å². The Morgan fingerprint density at radius 3 is 2.35 bits per heavy atom. The summed E-state index contributed by atoms with van der Waals surface area (Å²) in [5.74, 6) is 2.24. The molecule has 34 heavy (non-hydrogen) atoms. The van der Waals surface area contributed by atoms with Crippen LogP contribution in [0.4, 0.5) is 11.5 Å². The number of anilines is 2. The van der Waals surface area contributed by atoms with Crippen molar-refractivity contribution in [1.82, 2.24) is 10.3 Å². The molecule has 1 saturated carbocycles. The molecule has 2 N–H and O–H groups in total. The third-order valence-corrected chi connectivity index (χ3v) is 7.28. The van der Waals surface area contributed by atoms with Crippen LogP contribution in [-0.2, 0) is 9.59 Å². The van der Waals surface area contributed by atoms with Gasteiger partial charge in [0.25, 0.3) is 0 Å². The Hall–Kier alpha value is -2.63.